The van der Waals surface area contributed by atoms with E-state index in [2.05, 4.69) is 11.8 Å². The van der Waals surface area contributed by atoms with Crippen molar-refractivity contribution in [3.05, 3.63) is 12.0 Å². The molecule has 1 heterocycles. The fraction of sp³-hybridized carbons (Fsp3) is 0.571. The second-order valence-corrected chi connectivity index (χ2v) is 2.09. The van der Waals surface area contributed by atoms with E-state index in [9.17, 15) is 0 Å². The van der Waals surface area contributed by atoms with E-state index in [1.54, 1.807) is 5.01 Å². The van der Waals surface area contributed by atoms with Crippen LogP contribution < -0.4 is 0 Å². The number of ether oxygens (including phenoxy) is 1. The summed E-state index contributed by atoms with van der Waals surface area (Å²) in [5, 5.41) is 5.56. The summed E-state index contributed by atoms with van der Waals surface area (Å²) < 4.78 is 5.28. The lowest BCUT2D eigenvalue weighted by atomic mass is 10.4. The summed E-state index contributed by atoms with van der Waals surface area (Å²) >= 11 is 0. The van der Waals surface area contributed by atoms with Crippen molar-refractivity contribution >= 4 is 6.72 Å². The van der Waals surface area contributed by atoms with Gasteiger partial charge in [-0.3, -0.25) is 0 Å². The maximum atomic E-state index is 5.28. The summed E-state index contributed by atoms with van der Waals surface area (Å²) in [7, 11) is 0. The minimum atomic E-state index is 0.797. The Hall–Kier alpha value is -0.990. The molecule has 0 saturated carbocycles. The number of hydrogen-bond donors (Lipinski definition) is 0. The van der Waals surface area contributed by atoms with E-state index in [-0.39, 0.29) is 0 Å². The van der Waals surface area contributed by atoms with E-state index in [1.165, 1.54) is 0 Å². The molecule has 0 radical (unpaired) electrons. The van der Waals surface area contributed by atoms with Crippen molar-refractivity contribution in [2.75, 3.05) is 13.2 Å². The van der Waals surface area contributed by atoms with Gasteiger partial charge in [-0.2, -0.15) is 5.10 Å². The van der Waals surface area contributed by atoms with Crippen molar-refractivity contribution < 1.29 is 4.74 Å². The first kappa shape index (κ1) is 7.12. The lowest BCUT2D eigenvalue weighted by Gasteiger charge is -2.26. The van der Waals surface area contributed by atoms with Gasteiger partial charge in [0, 0.05) is 19.7 Å². The Balaban J connectivity index is 2.59. The van der Waals surface area contributed by atoms with Crippen molar-refractivity contribution in [2.45, 2.75) is 13.3 Å². The number of rotatable bonds is 1. The van der Waals surface area contributed by atoms with Crippen molar-refractivity contribution in [1.29, 1.82) is 0 Å². The summed E-state index contributed by atoms with van der Waals surface area (Å²) in [5.41, 5.74) is 0. The average molecular weight is 140 g/mol. The minimum Gasteiger partial charge on any atom is -0.478 e. The summed E-state index contributed by atoms with van der Waals surface area (Å²) in [6.07, 6.45) is 2.92. The highest BCUT2D eigenvalue weighted by atomic mass is 16.5. The van der Waals surface area contributed by atoms with Crippen LogP contribution in [0.5, 0.6) is 0 Å². The smallest absolute Gasteiger partial charge is 0.205 e. The number of nitrogens with zero attached hydrogens (tertiary/aromatic N) is 2. The first-order valence-electron chi connectivity index (χ1n) is 3.41. The Kier molecular flexibility index (Phi) is 2.31. The molecule has 1 saturated heterocycles. The van der Waals surface area contributed by atoms with Crippen LogP contribution >= 0.6 is 0 Å². The molecule has 0 unspecified atom stereocenters. The molecule has 0 amide bonds. The summed E-state index contributed by atoms with van der Waals surface area (Å²) in [5.74, 6) is 0.821. The van der Waals surface area contributed by atoms with Gasteiger partial charge in [0.05, 0.1) is 6.61 Å². The van der Waals surface area contributed by atoms with Gasteiger partial charge in [0.15, 0.2) is 0 Å². The van der Waals surface area contributed by atoms with Crippen LogP contribution in [0.25, 0.3) is 0 Å². The number of allylic oxidation sites excluding steroid dienone is 1. The molecule has 0 aromatic rings. The third-order valence-corrected chi connectivity index (χ3v) is 1.44. The Labute approximate surface area is 61.0 Å². The van der Waals surface area contributed by atoms with E-state index in [0.29, 0.717) is 0 Å². The van der Waals surface area contributed by atoms with Crippen LogP contribution in [0, 0.1) is 0 Å². The zero-order valence-electron chi connectivity index (χ0n) is 6.21. The van der Waals surface area contributed by atoms with Gasteiger partial charge in [-0.15, -0.1) is 0 Å². The fourth-order valence-corrected chi connectivity index (χ4v) is 0.949. The molecule has 0 aromatic carbocycles. The second-order valence-electron chi connectivity index (χ2n) is 2.09. The van der Waals surface area contributed by atoms with Crippen LogP contribution in [0.4, 0.5) is 0 Å². The van der Waals surface area contributed by atoms with Crippen LogP contribution in [0.2, 0.25) is 0 Å². The molecule has 0 aliphatic carbocycles. The molecule has 0 atom stereocenters. The molecule has 56 valence electrons. The summed E-state index contributed by atoms with van der Waals surface area (Å²) in [6.45, 7) is 7.08. The van der Waals surface area contributed by atoms with Crippen molar-refractivity contribution in [1.82, 2.24) is 5.01 Å². The maximum Gasteiger partial charge on any atom is 0.205 e. The highest BCUT2D eigenvalue weighted by molar-refractivity contribution is 5.23. The maximum absolute atomic E-state index is 5.28. The molecule has 0 spiro atoms. The second kappa shape index (κ2) is 3.25. The van der Waals surface area contributed by atoms with Crippen LogP contribution in [0.3, 0.4) is 0 Å². The molecule has 1 aliphatic heterocycles. The van der Waals surface area contributed by atoms with Gasteiger partial charge < -0.3 is 4.74 Å². The Morgan fingerprint density at radius 1 is 1.80 bits per heavy atom. The van der Waals surface area contributed by atoms with Gasteiger partial charge in [0.25, 0.3) is 0 Å². The monoisotopic (exact) mass is 140 g/mol. The standard InChI is InChI=1S/C7H12N2O/c1-3-7-9(8-2)5-4-6-10-7/h3H,2,4-6H2,1H3/b7-3+. The Morgan fingerprint density at radius 3 is 3.10 bits per heavy atom. The van der Waals surface area contributed by atoms with Crippen LogP contribution in [0.1, 0.15) is 13.3 Å². The molecule has 0 aromatic heterocycles. The third kappa shape index (κ3) is 1.29. The van der Waals surface area contributed by atoms with Crippen molar-refractivity contribution in [2.24, 2.45) is 5.10 Å². The third-order valence-electron chi connectivity index (χ3n) is 1.44. The first-order valence-corrected chi connectivity index (χ1v) is 3.41. The molecule has 0 N–H and O–H groups in total. The van der Waals surface area contributed by atoms with Gasteiger partial charge >= 0.3 is 0 Å². The lowest BCUT2D eigenvalue weighted by Crippen LogP contribution is -2.26. The van der Waals surface area contributed by atoms with E-state index in [1.807, 2.05) is 13.0 Å². The molecule has 1 fully saturated rings. The highest BCUT2D eigenvalue weighted by Gasteiger charge is 2.12. The fourth-order valence-electron chi connectivity index (χ4n) is 0.949. The van der Waals surface area contributed by atoms with Gasteiger partial charge in [0.2, 0.25) is 5.88 Å². The van der Waals surface area contributed by atoms with Gasteiger partial charge in [-0.05, 0) is 13.0 Å². The molecule has 3 nitrogen and oxygen atoms in total. The average Bonchev–Trinajstić information content (AvgIpc) is 2.04. The predicted octanol–water partition coefficient (Wildman–Crippen LogP) is 1.19. The largest absolute Gasteiger partial charge is 0.478 e. The zero-order chi connectivity index (χ0) is 7.40. The molecule has 3 heteroatoms. The van der Waals surface area contributed by atoms with Gasteiger partial charge in [-0.25, -0.2) is 5.01 Å². The Morgan fingerprint density at radius 2 is 2.60 bits per heavy atom. The van der Waals surface area contributed by atoms with E-state index in [0.717, 1.165) is 25.5 Å². The minimum absolute atomic E-state index is 0.797. The van der Waals surface area contributed by atoms with E-state index in [4.69, 9.17) is 4.74 Å². The molecule has 10 heavy (non-hydrogen) atoms. The van der Waals surface area contributed by atoms with Crippen molar-refractivity contribution in [3.8, 4) is 0 Å². The zero-order valence-corrected chi connectivity index (χ0v) is 6.21. The van der Waals surface area contributed by atoms with Crippen molar-refractivity contribution in [3.63, 3.8) is 0 Å². The number of hydrazone groups is 1. The van der Waals surface area contributed by atoms with E-state index < -0.39 is 0 Å². The highest BCUT2D eigenvalue weighted by Crippen LogP contribution is 2.12. The number of hydrogen-bond acceptors (Lipinski definition) is 3. The molecular formula is C7H12N2O. The lowest BCUT2D eigenvalue weighted by molar-refractivity contribution is 0.0666. The topological polar surface area (TPSA) is 24.8 Å². The van der Waals surface area contributed by atoms with E-state index >= 15 is 0 Å². The molecule has 0 bridgehead atoms. The first-order chi connectivity index (χ1) is 4.88. The normalized spacial score (nSPS) is 22.5. The Bertz CT molecular complexity index is 154. The molecule has 1 aliphatic rings. The summed E-state index contributed by atoms with van der Waals surface area (Å²) in [4.78, 5) is 0. The summed E-state index contributed by atoms with van der Waals surface area (Å²) in [6, 6.07) is 0. The predicted molar refractivity (Wildman–Crippen MR) is 40.6 cm³/mol. The SMILES string of the molecule is C=NN1CCCO/C1=C/C. The van der Waals surface area contributed by atoms with Crippen LogP contribution in [-0.4, -0.2) is 24.9 Å². The van der Waals surface area contributed by atoms with Crippen LogP contribution in [0.15, 0.2) is 17.1 Å². The van der Waals surface area contributed by atoms with Gasteiger partial charge in [0.1, 0.15) is 0 Å². The molecular weight excluding hydrogens is 128 g/mol. The van der Waals surface area contributed by atoms with Crippen LogP contribution in [-0.2, 0) is 4.74 Å². The quantitative estimate of drug-likeness (QED) is 0.511. The molecule has 1 rings (SSSR count). The van der Waals surface area contributed by atoms with Gasteiger partial charge in [-0.1, -0.05) is 0 Å².